The maximum absolute atomic E-state index is 13.3. The Balaban J connectivity index is 1.61. The zero-order chi connectivity index (χ0) is 31.6. The molecule has 236 valence electrons. The number of rotatable bonds is 15. The van der Waals surface area contributed by atoms with Gasteiger partial charge in [0.1, 0.15) is 18.2 Å². The Labute approximate surface area is 249 Å². The first kappa shape index (κ1) is 33.6. The van der Waals surface area contributed by atoms with Crippen molar-refractivity contribution in [2.75, 3.05) is 64.6 Å². The molecule has 2 heterocycles. The molecule has 1 fully saturated rings. The van der Waals surface area contributed by atoms with Crippen LogP contribution < -0.4 is 16.4 Å². The molecule has 1 saturated heterocycles. The number of amides is 6. The lowest BCUT2D eigenvalue weighted by Crippen LogP contribution is -2.54. The number of hydrogen-bond donors (Lipinski definition) is 3. The summed E-state index contributed by atoms with van der Waals surface area (Å²) < 4.78 is 21.6. The van der Waals surface area contributed by atoms with Crippen LogP contribution in [0.2, 0.25) is 0 Å². The highest BCUT2D eigenvalue weighted by Crippen LogP contribution is 2.32. The lowest BCUT2D eigenvalue weighted by Gasteiger charge is -2.28. The van der Waals surface area contributed by atoms with Gasteiger partial charge in [0.2, 0.25) is 17.7 Å². The Kier molecular flexibility index (Phi) is 12.1. The minimum atomic E-state index is -1.15. The standard InChI is InChI=1S/C28H39N5O10/c1-28(2,3)43-27(39)32(10-12-41-14-16-42-15-13-40-11-9-29)17-22(35)30-19-6-4-5-18-23(19)26(38)33(25(18)37)20-7-8-21(34)31-24(20)36/h4-6,20H,7-17,29H2,1-3H3,(H,30,35)(H,31,34,36). The summed E-state index contributed by atoms with van der Waals surface area (Å²) in [5.74, 6) is -3.35. The predicted octanol–water partition coefficient (Wildman–Crippen LogP) is 0.272. The lowest BCUT2D eigenvalue weighted by molar-refractivity contribution is -0.136. The van der Waals surface area contributed by atoms with Gasteiger partial charge in [0.05, 0.1) is 56.5 Å². The fourth-order valence-electron chi connectivity index (χ4n) is 4.34. The molecule has 3 rings (SSSR count). The van der Waals surface area contributed by atoms with E-state index in [1.165, 1.54) is 18.2 Å². The number of piperidine rings is 1. The van der Waals surface area contributed by atoms with Gasteiger partial charge < -0.3 is 30.0 Å². The second-order valence-electron chi connectivity index (χ2n) is 10.8. The minimum absolute atomic E-state index is 0.0000804. The third-order valence-electron chi connectivity index (χ3n) is 6.24. The molecule has 0 aliphatic carbocycles. The molecule has 1 atom stereocenters. The molecular formula is C28H39N5O10. The monoisotopic (exact) mass is 605 g/mol. The van der Waals surface area contributed by atoms with Crippen molar-refractivity contribution in [2.45, 2.75) is 45.3 Å². The SMILES string of the molecule is CC(C)(C)OC(=O)N(CCOCCOCCOCCN)CC(=O)Nc1cccc2c1C(=O)N(C1CCC(=O)NC1=O)C2=O. The van der Waals surface area contributed by atoms with Gasteiger partial charge >= 0.3 is 6.09 Å². The largest absolute Gasteiger partial charge is 0.444 e. The first-order valence-electron chi connectivity index (χ1n) is 14.0. The maximum atomic E-state index is 13.3. The van der Waals surface area contributed by atoms with Crippen molar-refractivity contribution in [2.24, 2.45) is 5.73 Å². The topological polar surface area (TPSA) is 196 Å². The molecule has 2 aliphatic rings. The van der Waals surface area contributed by atoms with Crippen LogP contribution in [0.15, 0.2) is 18.2 Å². The number of hydrogen-bond acceptors (Lipinski definition) is 11. The van der Waals surface area contributed by atoms with E-state index in [1.54, 1.807) is 20.8 Å². The van der Waals surface area contributed by atoms with Crippen molar-refractivity contribution in [3.8, 4) is 0 Å². The molecule has 0 spiro atoms. The van der Waals surface area contributed by atoms with Gasteiger partial charge in [-0.1, -0.05) is 6.07 Å². The first-order valence-corrected chi connectivity index (χ1v) is 14.0. The summed E-state index contributed by atoms with van der Waals surface area (Å²) in [6, 6.07) is 3.20. The van der Waals surface area contributed by atoms with E-state index in [2.05, 4.69) is 10.6 Å². The number of carbonyl (C=O) groups excluding carboxylic acids is 6. The van der Waals surface area contributed by atoms with E-state index in [0.717, 1.165) is 9.80 Å². The summed E-state index contributed by atoms with van der Waals surface area (Å²) in [5, 5.41) is 4.74. The lowest BCUT2D eigenvalue weighted by atomic mass is 10.0. The van der Waals surface area contributed by atoms with Crippen molar-refractivity contribution in [3.63, 3.8) is 0 Å². The first-order chi connectivity index (χ1) is 20.4. The third kappa shape index (κ3) is 9.54. The number of imide groups is 2. The van der Waals surface area contributed by atoms with E-state index in [9.17, 15) is 28.8 Å². The van der Waals surface area contributed by atoms with Crippen molar-refractivity contribution >= 4 is 41.3 Å². The van der Waals surface area contributed by atoms with Crippen molar-refractivity contribution in [3.05, 3.63) is 29.3 Å². The Morgan fingerprint density at radius 3 is 2.28 bits per heavy atom. The van der Waals surface area contributed by atoms with Gasteiger partial charge in [-0.2, -0.15) is 0 Å². The van der Waals surface area contributed by atoms with Gasteiger partial charge in [-0.3, -0.25) is 39.1 Å². The Morgan fingerprint density at radius 2 is 1.65 bits per heavy atom. The number of nitrogens with two attached hydrogens (primary N) is 1. The molecule has 2 aliphatic heterocycles. The van der Waals surface area contributed by atoms with Crippen LogP contribution in [0, 0.1) is 0 Å². The molecule has 0 aromatic heterocycles. The quantitative estimate of drug-likeness (QED) is 0.183. The fourth-order valence-corrected chi connectivity index (χ4v) is 4.34. The van der Waals surface area contributed by atoms with Gasteiger partial charge in [0.15, 0.2) is 0 Å². The Hall–Kier alpha value is -3.92. The number of carbonyl (C=O) groups is 6. The molecule has 0 radical (unpaired) electrons. The summed E-state index contributed by atoms with van der Waals surface area (Å²) in [6.07, 6.45) is -0.761. The number of nitrogens with one attached hydrogen (secondary N) is 2. The number of anilines is 1. The van der Waals surface area contributed by atoms with E-state index < -0.39 is 53.8 Å². The van der Waals surface area contributed by atoms with Crippen LogP contribution in [0.5, 0.6) is 0 Å². The number of ether oxygens (including phenoxy) is 4. The van der Waals surface area contributed by atoms with Crippen molar-refractivity contribution < 1.29 is 47.7 Å². The zero-order valence-electron chi connectivity index (χ0n) is 24.6. The molecule has 15 heteroatoms. The molecule has 1 aromatic rings. The van der Waals surface area contributed by atoms with Crippen LogP contribution in [0.3, 0.4) is 0 Å². The van der Waals surface area contributed by atoms with E-state index in [4.69, 9.17) is 24.7 Å². The van der Waals surface area contributed by atoms with Gasteiger partial charge in [0, 0.05) is 19.5 Å². The van der Waals surface area contributed by atoms with E-state index in [1.807, 2.05) is 0 Å². The third-order valence-corrected chi connectivity index (χ3v) is 6.24. The van der Waals surface area contributed by atoms with Crippen LogP contribution in [0.4, 0.5) is 10.5 Å². The van der Waals surface area contributed by atoms with Crippen LogP contribution >= 0.6 is 0 Å². The van der Waals surface area contributed by atoms with Crippen LogP contribution in [0.25, 0.3) is 0 Å². The number of nitrogens with zero attached hydrogens (tertiary/aromatic N) is 2. The highest BCUT2D eigenvalue weighted by atomic mass is 16.6. The van der Waals surface area contributed by atoms with Gasteiger partial charge in [-0.05, 0) is 39.3 Å². The van der Waals surface area contributed by atoms with Gasteiger partial charge in [-0.25, -0.2) is 4.79 Å². The normalized spacial score (nSPS) is 16.7. The molecular weight excluding hydrogens is 566 g/mol. The maximum Gasteiger partial charge on any atom is 0.410 e. The number of fused-ring (bicyclic) bond motifs is 1. The van der Waals surface area contributed by atoms with Crippen LogP contribution in [-0.2, 0) is 33.3 Å². The van der Waals surface area contributed by atoms with E-state index in [0.29, 0.717) is 33.0 Å². The minimum Gasteiger partial charge on any atom is -0.444 e. The molecule has 1 aromatic carbocycles. The summed E-state index contributed by atoms with van der Waals surface area (Å²) in [6.45, 7) is 7.00. The highest BCUT2D eigenvalue weighted by molar-refractivity contribution is 6.26. The average Bonchev–Trinajstić information content (AvgIpc) is 3.18. The van der Waals surface area contributed by atoms with E-state index >= 15 is 0 Å². The molecule has 15 nitrogen and oxygen atoms in total. The summed E-state index contributed by atoms with van der Waals surface area (Å²) >= 11 is 0. The second kappa shape index (κ2) is 15.5. The summed E-state index contributed by atoms with van der Waals surface area (Å²) in [4.78, 5) is 78.2. The van der Waals surface area contributed by atoms with Gasteiger partial charge in [-0.15, -0.1) is 0 Å². The Morgan fingerprint density at radius 1 is 1.00 bits per heavy atom. The summed E-state index contributed by atoms with van der Waals surface area (Å²) in [7, 11) is 0. The number of benzene rings is 1. The van der Waals surface area contributed by atoms with Crippen LogP contribution in [-0.4, -0.2) is 116 Å². The molecule has 0 saturated carbocycles. The second-order valence-corrected chi connectivity index (χ2v) is 10.8. The summed E-state index contributed by atoms with van der Waals surface area (Å²) in [5.41, 5.74) is 4.51. The molecule has 4 N–H and O–H groups in total. The van der Waals surface area contributed by atoms with Crippen molar-refractivity contribution in [1.82, 2.24) is 15.1 Å². The molecule has 1 unspecified atom stereocenters. The fraction of sp³-hybridized carbons (Fsp3) is 0.571. The molecule has 6 amide bonds. The average molecular weight is 606 g/mol. The molecule has 43 heavy (non-hydrogen) atoms. The van der Waals surface area contributed by atoms with Crippen LogP contribution in [0.1, 0.15) is 54.3 Å². The van der Waals surface area contributed by atoms with Crippen molar-refractivity contribution in [1.29, 1.82) is 0 Å². The Bertz CT molecular complexity index is 1210. The molecule has 0 bridgehead atoms. The predicted molar refractivity (Wildman–Crippen MR) is 151 cm³/mol. The van der Waals surface area contributed by atoms with E-state index in [-0.39, 0.29) is 49.4 Å². The smallest absolute Gasteiger partial charge is 0.410 e. The van der Waals surface area contributed by atoms with Gasteiger partial charge in [0.25, 0.3) is 11.8 Å². The highest BCUT2D eigenvalue weighted by Gasteiger charge is 2.45. The zero-order valence-corrected chi connectivity index (χ0v) is 24.6.